The number of nitrogens with zero attached hydrogens (tertiary/aromatic N) is 2. The largest absolute Gasteiger partial charge is 0.494 e. The van der Waals surface area contributed by atoms with Crippen LogP contribution >= 0.6 is 0 Å². The Morgan fingerprint density at radius 2 is 1.81 bits per heavy atom. The van der Waals surface area contributed by atoms with Gasteiger partial charge in [-0.3, -0.25) is 9.59 Å². The highest BCUT2D eigenvalue weighted by atomic mass is 16.5. The van der Waals surface area contributed by atoms with Gasteiger partial charge in [0.05, 0.1) is 23.9 Å². The number of hydrogen-bond donors (Lipinski definition) is 1. The van der Waals surface area contributed by atoms with E-state index < -0.39 is 0 Å². The van der Waals surface area contributed by atoms with Crippen LogP contribution in [0.4, 0.5) is 17.1 Å². The van der Waals surface area contributed by atoms with Crippen LogP contribution in [0.1, 0.15) is 39.5 Å². The molecule has 0 bridgehead atoms. The van der Waals surface area contributed by atoms with Gasteiger partial charge in [-0.15, -0.1) is 0 Å². The van der Waals surface area contributed by atoms with Gasteiger partial charge in [-0.05, 0) is 61.6 Å². The number of rotatable bonds is 7. The van der Waals surface area contributed by atoms with Gasteiger partial charge in [0.2, 0.25) is 11.8 Å². The van der Waals surface area contributed by atoms with Crippen molar-refractivity contribution >= 4 is 28.9 Å². The Bertz CT molecular complexity index is 936. The normalized spacial score (nSPS) is 19.3. The van der Waals surface area contributed by atoms with E-state index in [-0.39, 0.29) is 24.2 Å². The maximum atomic E-state index is 13.1. The fourth-order valence-corrected chi connectivity index (χ4v) is 4.41. The van der Waals surface area contributed by atoms with E-state index in [4.69, 9.17) is 4.74 Å². The highest BCUT2D eigenvalue weighted by molar-refractivity contribution is 6.04. The summed E-state index contributed by atoms with van der Waals surface area (Å²) in [6.45, 7) is 7.42. The molecule has 2 aromatic carbocycles. The highest BCUT2D eigenvalue weighted by Crippen LogP contribution is 2.32. The number of nitrogens with one attached hydrogen (secondary N) is 1. The zero-order chi connectivity index (χ0) is 22.5. The first-order valence-electron chi connectivity index (χ1n) is 11.7. The number of carbonyl (C=O) groups excluding carboxylic acids is 2. The quantitative estimate of drug-likeness (QED) is 0.685. The van der Waals surface area contributed by atoms with Crippen LogP contribution in [0.3, 0.4) is 0 Å². The van der Waals surface area contributed by atoms with Gasteiger partial charge in [-0.2, -0.15) is 0 Å². The van der Waals surface area contributed by atoms with Crippen molar-refractivity contribution < 1.29 is 14.3 Å². The molecule has 2 saturated heterocycles. The second-order valence-electron chi connectivity index (χ2n) is 8.92. The van der Waals surface area contributed by atoms with Crippen molar-refractivity contribution in [3.63, 3.8) is 0 Å². The molecule has 0 saturated carbocycles. The molecule has 170 valence electrons. The predicted molar refractivity (Wildman–Crippen MR) is 128 cm³/mol. The summed E-state index contributed by atoms with van der Waals surface area (Å²) in [5.41, 5.74) is 2.70. The third-order valence-electron chi connectivity index (χ3n) is 6.40. The zero-order valence-corrected chi connectivity index (χ0v) is 19.0. The first-order chi connectivity index (χ1) is 15.5. The number of anilines is 3. The molecule has 1 atom stereocenters. The Hall–Kier alpha value is -3.02. The minimum Gasteiger partial charge on any atom is -0.494 e. The van der Waals surface area contributed by atoms with Crippen molar-refractivity contribution in [3.8, 4) is 5.75 Å². The standard InChI is InChI=1S/C26H33N3O3/c1-3-16-32-22-10-8-21(9-11-22)29-18-20(17-25(29)30)26(31)27-23-6-4-5-7-24(23)28-14-12-19(2)13-15-28/h4-11,19-20H,3,12-18H2,1-2H3,(H,27,31)/t20-/m1/s1. The van der Waals surface area contributed by atoms with Crippen molar-refractivity contribution in [2.24, 2.45) is 11.8 Å². The van der Waals surface area contributed by atoms with E-state index in [1.54, 1.807) is 4.90 Å². The second kappa shape index (κ2) is 10.1. The van der Waals surface area contributed by atoms with E-state index >= 15 is 0 Å². The summed E-state index contributed by atoms with van der Waals surface area (Å²) in [6.07, 6.45) is 3.50. The fraction of sp³-hybridized carbons (Fsp3) is 0.462. The summed E-state index contributed by atoms with van der Waals surface area (Å²) < 4.78 is 5.62. The molecule has 1 N–H and O–H groups in total. The van der Waals surface area contributed by atoms with E-state index in [1.807, 2.05) is 42.5 Å². The number of para-hydroxylation sites is 2. The zero-order valence-electron chi connectivity index (χ0n) is 19.0. The lowest BCUT2D eigenvalue weighted by Gasteiger charge is -2.33. The fourth-order valence-electron chi connectivity index (χ4n) is 4.41. The van der Waals surface area contributed by atoms with Crippen LogP contribution in [0.2, 0.25) is 0 Å². The number of ether oxygens (including phenoxy) is 1. The third-order valence-corrected chi connectivity index (χ3v) is 6.40. The van der Waals surface area contributed by atoms with E-state index in [2.05, 4.69) is 30.1 Å². The maximum Gasteiger partial charge on any atom is 0.229 e. The molecule has 2 amide bonds. The van der Waals surface area contributed by atoms with Gasteiger partial charge in [0.1, 0.15) is 5.75 Å². The average Bonchev–Trinajstić information content (AvgIpc) is 3.21. The second-order valence-corrected chi connectivity index (χ2v) is 8.92. The summed E-state index contributed by atoms with van der Waals surface area (Å²) in [6, 6.07) is 15.5. The number of hydrogen-bond acceptors (Lipinski definition) is 4. The van der Waals surface area contributed by atoms with Crippen LogP contribution in [0.25, 0.3) is 0 Å². The third kappa shape index (κ3) is 5.06. The number of carbonyl (C=O) groups is 2. The maximum absolute atomic E-state index is 13.1. The van der Waals surface area contributed by atoms with Crippen LogP contribution < -0.4 is 19.9 Å². The molecule has 2 heterocycles. The molecule has 2 aromatic rings. The van der Waals surface area contributed by atoms with E-state index in [0.717, 1.165) is 61.1 Å². The molecular weight excluding hydrogens is 402 g/mol. The Morgan fingerprint density at radius 1 is 1.09 bits per heavy atom. The van der Waals surface area contributed by atoms with Crippen molar-refractivity contribution in [2.75, 3.05) is 41.4 Å². The van der Waals surface area contributed by atoms with E-state index in [0.29, 0.717) is 13.2 Å². The summed E-state index contributed by atoms with van der Waals surface area (Å²) >= 11 is 0. The van der Waals surface area contributed by atoms with Crippen LogP contribution in [0.15, 0.2) is 48.5 Å². The Balaban J connectivity index is 1.40. The molecule has 32 heavy (non-hydrogen) atoms. The lowest BCUT2D eigenvalue weighted by molar-refractivity contribution is -0.122. The Labute approximate surface area is 190 Å². The number of benzene rings is 2. The van der Waals surface area contributed by atoms with Crippen molar-refractivity contribution in [1.29, 1.82) is 0 Å². The molecule has 6 nitrogen and oxygen atoms in total. The SMILES string of the molecule is CCCOc1ccc(N2C[C@H](C(=O)Nc3ccccc3N3CCC(C)CC3)CC2=O)cc1. The summed E-state index contributed by atoms with van der Waals surface area (Å²) in [7, 11) is 0. The molecule has 0 aliphatic carbocycles. The molecule has 0 spiro atoms. The molecule has 4 rings (SSSR count). The minimum absolute atomic E-state index is 0.0225. The van der Waals surface area contributed by atoms with Gasteiger partial charge in [0, 0.05) is 31.7 Å². The summed E-state index contributed by atoms with van der Waals surface area (Å²) in [4.78, 5) is 29.8. The Morgan fingerprint density at radius 3 is 2.53 bits per heavy atom. The van der Waals surface area contributed by atoms with Crippen LogP contribution in [-0.4, -0.2) is 38.1 Å². The van der Waals surface area contributed by atoms with Gasteiger partial charge in [-0.25, -0.2) is 0 Å². The van der Waals surface area contributed by atoms with Crippen LogP contribution in [-0.2, 0) is 9.59 Å². The highest BCUT2D eigenvalue weighted by Gasteiger charge is 2.35. The van der Waals surface area contributed by atoms with Crippen molar-refractivity contribution in [1.82, 2.24) is 0 Å². The summed E-state index contributed by atoms with van der Waals surface area (Å²) in [5.74, 6) is 1.05. The number of amides is 2. The summed E-state index contributed by atoms with van der Waals surface area (Å²) in [5, 5.41) is 3.11. The smallest absolute Gasteiger partial charge is 0.229 e. The van der Waals surface area contributed by atoms with Gasteiger partial charge in [-0.1, -0.05) is 26.0 Å². The topological polar surface area (TPSA) is 61.9 Å². The lowest BCUT2D eigenvalue weighted by Crippen LogP contribution is -2.34. The molecule has 0 radical (unpaired) electrons. The van der Waals surface area contributed by atoms with Gasteiger partial charge in [0.25, 0.3) is 0 Å². The molecule has 0 unspecified atom stereocenters. The molecular formula is C26H33N3O3. The van der Waals surface area contributed by atoms with Gasteiger partial charge >= 0.3 is 0 Å². The molecule has 0 aromatic heterocycles. The molecule has 6 heteroatoms. The van der Waals surface area contributed by atoms with E-state index in [1.165, 1.54) is 0 Å². The van der Waals surface area contributed by atoms with Crippen molar-refractivity contribution in [3.05, 3.63) is 48.5 Å². The number of piperidine rings is 1. The molecule has 2 aliphatic rings. The van der Waals surface area contributed by atoms with E-state index in [9.17, 15) is 9.59 Å². The first kappa shape index (κ1) is 22.2. The van der Waals surface area contributed by atoms with Gasteiger partial charge in [0.15, 0.2) is 0 Å². The predicted octanol–water partition coefficient (Wildman–Crippen LogP) is 4.70. The molecule has 2 aliphatic heterocycles. The first-order valence-corrected chi connectivity index (χ1v) is 11.7. The Kier molecular flexibility index (Phi) is 6.98. The van der Waals surface area contributed by atoms with Crippen molar-refractivity contribution in [2.45, 2.75) is 39.5 Å². The van der Waals surface area contributed by atoms with Crippen LogP contribution in [0, 0.1) is 11.8 Å². The monoisotopic (exact) mass is 435 g/mol. The molecule has 2 fully saturated rings. The van der Waals surface area contributed by atoms with Gasteiger partial charge < -0.3 is 19.9 Å². The average molecular weight is 436 g/mol. The lowest BCUT2D eigenvalue weighted by atomic mass is 9.98. The van der Waals surface area contributed by atoms with Crippen LogP contribution in [0.5, 0.6) is 5.75 Å². The minimum atomic E-state index is -0.368.